The van der Waals surface area contributed by atoms with Gasteiger partial charge in [0.25, 0.3) is 5.91 Å². The molecular formula is C13H9Cl2FN2O. The van der Waals surface area contributed by atoms with Gasteiger partial charge in [0.05, 0.1) is 16.3 Å². The zero-order valence-electron chi connectivity index (χ0n) is 9.58. The number of rotatable bonds is 2. The van der Waals surface area contributed by atoms with Gasteiger partial charge in [-0.05, 0) is 36.4 Å². The summed E-state index contributed by atoms with van der Waals surface area (Å²) < 4.78 is 13.6. The van der Waals surface area contributed by atoms with E-state index < -0.39 is 11.7 Å². The van der Waals surface area contributed by atoms with Crippen LogP contribution in [0.1, 0.15) is 10.4 Å². The van der Waals surface area contributed by atoms with Crippen molar-refractivity contribution in [1.82, 2.24) is 0 Å². The van der Waals surface area contributed by atoms with E-state index in [9.17, 15) is 9.18 Å². The Kier molecular flexibility index (Phi) is 3.93. The number of carbonyl (C=O) groups is 1. The van der Waals surface area contributed by atoms with Gasteiger partial charge in [0.15, 0.2) is 0 Å². The molecule has 0 unspecified atom stereocenters. The molecule has 2 rings (SSSR count). The van der Waals surface area contributed by atoms with Crippen LogP contribution in [0.4, 0.5) is 15.8 Å². The molecule has 0 aliphatic carbocycles. The van der Waals surface area contributed by atoms with Crippen LogP contribution in [-0.2, 0) is 0 Å². The van der Waals surface area contributed by atoms with Gasteiger partial charge in [-0.2, -0.15) is 0 Å². The van der Waals surface area contributed by atoms with Crippen LogP contribution >= 0.6 is 23.2 Å². The fraction of sp³-hybridized carbons (Fsp3) is 0. The van der Waals surface area contributed by atoms with Crippen molar-refractivity contribution in [3.8, 4) is 0 Å². The van der Waals surface area contributed by atoms with E-state index >= 15 is 0 Å². The normalized spacial score (nSPS) is 10.3. The average molecular weight is 299 g/mol. The van der Waals surface area contributed by atoms with Crippen LogP contribution in [0.25, 0.3) is 0 Å². The van der Waals surface area contributed by atoms with E-state index in [0.29, 0.717) is 10.7 Å². The molecule has 98 valence electrons. The standard InChI is InChI=1S/C13H9Cl2FN2O/c14-7-1-4-12(10(15)5-7)18-13(19)9-3-2-8(17)6-11(9)16/h1-6H,17H2,(H,18,19). The van der Waals surface area contributed by atoms with Gasteiger partial charge in [-0.1, -0.05) is 23.2 Å². The highest BCUT2D eigenvalue weighted by molar-refractivity contribution is 6.36. The molecule has 0 fully saturated rings. The summed E-state index contributed by atoms with van der Waals surface area (Å²) in [5, 5.41) is 3.22. The summed E-state index contributed by atoms with van der Waals surface area (Å²) in [5.74, 6) is -1.30. The van der Waals surface area contributed by atoms with E-state index in [4.69, 9.17) is 28.9 Å². The molecule has 6 heteroatoms. The van der Waals surface area contributed by atoms with Crippen molar-refractivity contribution in [2.24, 2.45) is 0 Å². The molecule has 3 nitrogen and oxygen atoms in total. The fourth-order valence-electron chi connectivity index (χ4n) is 1.50. The number of carbonyl (C=O) groups excluding carboxylic acids is 1. The van der Waals surface area contributed by atoms with Crippen molar-refractivity contribution >= 4 is 40.5 Å². The van der Waals surface area contributed by atoms with Crippen molar-refractivity contribution in [3.63, 3.8) is 0 Å². The minimum absolute atomic E-state index is 0.111. The van der Waals surface area contributed by atoms with Crippen LogP contribution < -0.4 is 11.1 Å². The monoisotopic (exact) mass is 298 g/mol. The fourth-order valence-corrected chi connectivity index (χ4v) is 1.95. The van der Waals surface area contributed by atoms with Crippen LogP contribution in [0, 0.1) is 5.82 Å². The molecule has 0 radical (unpaired) electrons. The molecule has 1 amide bonds. The number of anilines is 2. The summed E-state index contributed by atoms with van der Waals surface area (Å²) in [7, 11) is 0. The highest BCUT2D eigenvalue weighted by atomic mass is 35.5. The predicted octanol–water partition coefficient (Wildman–Crippen LogP) is 3.97. The Bertz CT molecular complexity index is 647. The Morgan fingerprint density at radius 3 is 2.53 bits per heavy atom. The van der Waals surface area contributed by atoms with Crippen LogP contribution in [0.3, 0.4) is 0 Å². The maximum atomic E-state index is 13.6. The third-order valence-electron chi connectivity index (χ3n) is 2.42. The summed E-state index contributed by atoms with van der Waals surface area (Å²) in [6, 6.07) is 8.43. The summed E-state index contributed by atoms with van der Waals surface area (Å²) in [4.78, 5) is 11.9. The minimum atomic E-state index is -0.692. The van der Waals surface area contributed by atoms with E-state index in [2.05, 4.69) is 5.32 Å². The van der Waals surface area contributed by atoms with Crippen molar-refractivity contribution < 1.29 is 9.18 Å². The quantitative estimate of drug-likeness (QED) is 0.824. The Morgan fingerprint density at radius 2 is 1.89 bits per heavy atom. The number of nitrogens with one attached hydrogen (secondary N) is 1. The van der Waals surface area contributed by atoms with E-state index in [1.807, 2.05) is 0 Å². The molecule has 3 N–H and O–H groups in total. The molecule has 0 bridgehead atoms. The van der Waals surface area contributed by atoms with Crippen molar-refractivity contribution in [2.45, 2.75) is 0 Å². The van der Waals surface area contributed by atoms with E-state index in [-0.39, 0.29) is 16.3 Å². The van der Waals surface area contributed by atoms with Crippen LogP contribution in [0.15, 0.2) is 36.4 Å². The third kappa shape index (κ3) is 3.16. The molecule has 2 aromatic rings. The molecule has 19 heavy (non-hydrogen) atoms. The topological polar surface area (TPSA) is 55.1 Å². The molecule has 0 saturated heterocycles. The van der Waals surface area contributed by atoms with Gasteiger partial charge in [-0.15, -0.1) is 0 Å². The lowest BCUT2D eigenvalue weighted by Gasteiger charge is -2.08. The Morgan fingerprint density at radius 1 is 1.16 bits per heavy atom. The van der Waals surface area contributed by atoms with Gasteiger partial charge in [0, 0.05) is 10.7 Å². The number of nitrogen functional groups attached to an aromatic ring is 1. The van der Waals surface area contributed by atoms with Gasteiger partial charge in [0.1, 0.15) is 5.82 Å². The Labute approximate surface area is 119 Å². The number of hydrogen-bond acceptors (Lipinski definition) is 2. The Balaban J connectivity index is 2.25. The maximum absolute atomic E-state index is 13.6. The number of halogens is 3. The summed E-state index contributed by atoms with van der Waals surface area (Å²) in [6.07, 6.45) is 0. The maximum Gasteiger partial charge on any atom is 0.258 e. The zero-order chi connectivity index (χ0) is 14.0. The average Bonchev–Trinajstić information content (AvgIpc) is 2.32. The second-order valence-electron chi connectivity index (χ2n) is 3.82. The molecule has 0 spiro atoms. The van der Waals surface area contributed by atoms with Gasteiger partial charge < -0.3 is 11.1 Å². The van der Waals surface area contributed by atoms with E-state index in [1.165, 1.54) is 24.3 Å². The van der Waals surface area contributed by atoms with Crippen molar-refractivity contribution in [2.75, 3.05) is 11.1 Å². The van der Waals surface area contributed by atoms with Gasteiger partial charge in [-0.25, -0.2) is 4.39 Å². The lowest BCUT2D eigenvalue weighted by Crippen LogP contribution is -2.14. The third-order valence-corrected chi connectivity index (χ3v) is 2.96. The molecule has 0 aliphatic heterocycles. The zero-order valence-corrected chi connectivity index (χ0v) is 11.1. The lowest BCUT2D eigenvalue weighted by atomic mass is 10.1. The first-order valence-electron chi connectivity index (χ1n) is 5.29. The van der Waals surface area contributed by atoms with E-state index in [0.717, 1.165) is 6.07 Å². The second kappa shape index (κ2) is 5.47. The number of benzene rings is 2. The van der Waals surface area contributed by atoms with Crippen LogP contribution in [0.2, 0.25) is 10.0 Å². The van der Waals surface area contributed by atoms with Crippen molar-refractivity contribution in [1.29, 1.82) is 0 Å². The lowest BCUT2D eigenvalue weighted by molar-refractivity contribution is 0.102. The summed E-state index contributed by atoms with van der Waals surface area (Å²) in [6.45, 7) is 0. The molecule has 0 atom stereocenters. The smallest absolute Gasteiger partial charge is 0.258 e. The van der Waals surface area contributed by atoms with Gasteiger partial charge >= 0.3 is 0 Å². The Hall–Kier alpha value is -1.78. The van der Waals surface area contributed by atoms with Gasteiger partial charge in [0.2, 0.25) is 0 Å². The number of amides is 1. The molecule has 2 aromatic carbocycles. The first-order chi connectivity index (χ1) is 8.97. The summed E-state index contributed by atoms with van der Waals surface area (Å²) in [5.41, 5.74) is 5.91. The first-order valence-corrected chi connectivity index (χ1v) is 6.04. The minimum Gasteiger partial charge on any atom is -0.399 e. The van der Waals surface area contributed by atoms with Gasteiger partial charge in [-0.3, -0.25) is 4.79 Å². The molecule has 0 heterocycles. The van der Waals surface area contributed by atoms with E-state index in [1.54, 1.807) is 6.07 Å². The molecule has 0 aliphatic rings. The second-order valence-corrected chi connectivity index (χ2v) is 4.66. The van der Waals surface area contributed by atoms with Crippen LogP contribution in [0.5, 0.6) is 0 Å². The molecule has 0 aromatic heterocycles. The molecular weight excluding hydrogens is 290 g/mol. The largest absolute Gasteiger partial charge is 0.399 e. The van der Waals surface area contributed by atoms with Crippen LogP contribution in [-0.4, -0.2) is 5.91 Å². The highest BCUT2D eigenvalue weighted by Crippen LogP contribution is 2.26. The highest BCUT2D eigenvalue weighted by Gasteiger charge is 2.13. The SMILES string of the molecule is Nc1ccc(C(=O)Nc2ccc(Cl)cc2Cl)c(F)c1. The first kappa shape index (κ1) is 13.6. The number of nitrogens with two attached hydrogens (primary N) is 1. The predicted molar refractivity (Wildman–Crippen MR) is 75.2 cm³/mol. The summed E-state index contributed by atoms with van der Waals surface area (Å²) >= 11 is 11.7. The van der Waals surface area contributed by atoms with Crippen molar-refractivity contribution in [3.05, 3.63) is 57.8 Å². The molecule has 0 saturated carbocycles. The number of hydrogen-bond donors (Lipinski definition) is 2.